The Labute approximate surface area is 204 Å². The predicted octanol–water partition coefficient (Wildman–Crippen LogP) is 4.27. The number of nitrogens with zero attached hydrogens (tertiary/aromatic N) is 3. The average Bonchev–Trinajstić information content (AvgIpc) is 3.29. The third-order valence-electron chi connectivity index (χ3n) is 5.89. The predicted molar refractivity (Wildman–Crippen MR) is 137 cm³/mol. The molecule has 1 aliphatic heterocycles. The molecule has 0 radical (unpaired) electrons. The number of hydrogen-bond donors (Lipinski definition) is 2. The second kappa shape index (κ2) is 12.1. The van der Waals surface area contributed by atoms with Crippen molar-refractivity contribution in [1.29, 1.82) is 0 Å². The Kier molecular flexibility index (Phi) is 8.73. The molecule has 1 amide bonds. The lowest BCUT2D eigenvalue weighted by molar-refractivity contribution is -0.117. The quantitative estimate of drug-likeness (QED) is 0.453. The Bertz CT molecular complexity index is 1070. The number of H-pyrrole nitrogens is 1. The van der Waals surface area contributed by atoms with Crippen LogP contribution in [0, 0.1) is 5.82 Å². The number of aromatic nitrogens is 2. The number of likely N-dealkylation sites (N-methyl/N-ethyl adjacent to an activating group) is 1. The van der Waals surface area contributed by atoms with Crippen molar-refractivity contribution in [1.82, 2.24) is 20.0 Å². The van der Waals surface area contributed by atoms with Gasteiger partial charge in [0.15, 0.2) is 0 Å². The first-order valence-corrected chi connectivity index (χ1v) is 12.9. The minimum absolute atomic E-state index is 0.00541. The molecule has 2 N–H and O–H groups in total. The van der Waals surface area contributed by atoms with Gasteiger partial charge in [0, 0.05) is 48.1 Å². The molecular weight excluding hydrogens is 449 g/mol. The highest BCUT2D eigenvalue weighted by Crippen LogP contribution is 2.19. The van der Waals surface area contributed by atoms with E-state index in [1.165, 1.54) is 29.2 Å². The van der Waals surface area contributed by atoms with Crippen LogP contribution in [0.2, 0.25) is 0 Å². The lowest BCUT2D eigenvalue weighted by Gasteiger charge is -2.26. The van der Waals surface area contributed by atoms with Gasteiger partial charge in [-0.15, -0.1) is 0 Å². The zero-order valence-electron chi connectivity index (χ0n) is 19.6. The van der Waals surface area contributed by atoms with Crippen molar-refractivity contribution in [2.45, 2.75) is 19.4 Å². The summed E-state index contributed by atoms with van der Waals surface area (Å²) >= 11 is 2.01. The third kappa shape index (κ3) is 7.41. The molecule has 6 nitrogen and oxygen atoms in total. The van der Waals surface area contributed by atoms with Crippen LogP contribution in [0.1, 0.15) is 17.7 Å². The molecule has 2 aromatic carbocycles. The van der Waals surface area contributed by atoms with Crippen LogP contribution in [-0.2, 0) is 17.8 Å². The number of amides is 1. The summed E-state index contributed by atoms with van der Waals surface area (Å²) in [5, 5.41) is 10.4. The van der Waals surface area contributed by atoms with Crippen molar-refractivity contribution >= 4 is 23.4 Å². The van der Waals surface area contributed by atoms with Crippen molar-refractivity contribution < 1.29 is 9.18 Å². The minimum Gasteiger partial charge on any atom is -0.325 e. The van der Waals surface area contributed by atoms with E-state index in [2.05, 4.69) is 32.5 Å². The molecule has 0 aliphatic carbocycles. The van der Waals surface area contributed by atoms with Crippen molar-refractivity contribution in [3.8, 4) is 11.3 Å². The molecule has 34 heavy (non-hydrogen) atoms. The fourth-order valence-corrected chi connectivity index (χ4v) is 5.07. The van der Waals surface area contributed by atoms with E-state index in [1.54, 1.807) is 12.1 Å². The van der Waals surface area contributed by atoms with Gasteiger partial charge in [0.1, 0.15) is 5.82 Å². The first-order chi connectivity index (χ1) is 16.5. The Morgan fingerprint density at radius 1 is 1.18 bits per heavy atom. The van der Waals surface area contributed by atoms with E-state index < -0.39 is 0 Å². The summed E-state index contributed by atoms with van der Waals surface area (Å²) < 4.78 is 13.1. The molecule has 0 unspecified atom stereocenters. The number of benzene rings is 2. The third-order valence-corrected chi connectivity index (χ3v) is 6.83. The van der Waals surface area contributed by atoms with E-state index >= 15 is 0 Å². The summed E-state index contributed by atoms with van der Waals surface area (Å²) in [5.41, 5.74) is 4.81. The standard InChI is InChI=1S/C26H32FN5OS/c1-31(11-3-6-24-17-25(30-29-24)21-7-9-22(27)10-8-21)19-26(33)28-23-5-2-4-20(16-23)18-32-12-14-34-15-13-32/h2,4-5,7-10,16-17H,3,6,11-15,18-19H2,1H3,(H,28,33)(H,29,30). The summed E-state index contributed by atoms with van der Waals surface area (Å²) in [6.45, 7) is 4.32. The lowest BCUT2D eigenvalue weighted by atomic mass is 10.1. The van der Waals surface area contributed by atoms with Gasteiger partial charge in [-0.3, -0.25) is 19.7 Å². The smallest absolute Gasteiger partial charge is 0.238 e. The number of anilines is 1. The molecule has 0 saturated carbocycles. The van der Waals surface area contributed by atoms with Gasteiger partial charge in [-0.25, -0.2) is 4.39 Å². The number of nitrogens with one attached hydrogen (secondary N) is 2. The van der Waals surface area contributed by atoms with Crippen molar-refractivity contribution in [3.63, 3.8) is 0 Å². The number of aryl methyl sites for hydroxylation is 1. The van der Waals surface area contributed by atoms with Crippen LogP contribution in [0.15, 0.2) is 54.6 Å². The maximum Gasteiger partial charge on any atom is 0.238 e. The maximum absolute atomic E-state index is 13.1. The minimum atomic E-state index is -0.254. The highest BCUT2D eigenvalue weighted by molar-refractivity contribution is 7.99. The second-order valence-electron chi connectivity index (χ2n) is 8.76. The van der Waals surface area contributed by atoms with Crippen LogP contribution >= 0.6 is 11.8 Å². The number of aromatic amines is 1. The molecule has 1 saturated heterocycles. The number of hydrogen-bond acceptors (Lipinski definition) is 5. The van der Waals surface area contributed by atoms with Gasteiger partial charge < -0.3 is 5.32 Å². The molecule has 0 spiro atoms. The Morgan fingerprint density at radius 2 is 1.97 bits per heavy atom. The fourth-order valence-electron chi connectivity index (χ4n) is 4.09. The number of carbonyl (C=O) groups excluding carboxylic acids is 1. The van der Waals surface area contributed by atoms with E-state index in [1.807, 2.05) is 41.9 Å². The zero-order valence-corrected chi connectivity index (χ0v) is 20.4. The van der Waals surface area contributed by atoms with Crippen molar-refractivity contribution in [3.05, 3.63) is 71.7 Å². The molecule has 0 atom stereocenters. The van der Waals surface area contributed by atoms with Gasteiger partial charge in [0.25, 0.3) is 0 Å². The average molecular weight is 482 g/mol. The Morgan fingerprint density at radius 3 is 2.76 bits per heavy atom. The number of rotatable bonds is 10. The normalized spacial score (nSPS) is 14.4. The first kappa shape index (κ1) is 24.4. The summed E-state index contributed by atoms with van der Waals surface area (Å²) in [7, 11) is 1.96. The van der Waals surface area contributed by atoms with Gasteiger partial charge in [-0.1, -0.05) is 12.1 Å². The zero-order chi connectivity index (χ0) is 23.8. The molecule has 1 aromatic heterocycles. The van der Waals surface area contributed by atoms with Gasteiger partial charge in [0.2, 0.25) is 5.91 Å². The molecule has 4 rings (SSSR count). The summed E-state index contributed by atoms with van der Waals surface area (Å²) in [4.78, 5) is 17.0. The Hall–Kier alpha value is -2.68. The Balaban J connectivity index is 1.19. The van der Waals surface area contributed by atoms with Gasteiger partial charge >= 0.3 is 0 Å². The molecule has 1 aliphatic rings. The monoisotopic (exact) mass is 481 g/mol. The molecule has 0 bridgehead atoms. The largest absolute Gasteiger partial charge is 0.325 e. The van der Waals surface area contributed by atoms with Crippen LogP contribution in [0.3, 0.4) is 0 Å². The van der Waals surface area contributed by atoms with Crippen LogP contribution < -0.4 is 5.32 Å². The summed E-state index contributed by atoms with van der Waals surface area (Å²) in [5.74, 6) is 2.13. The van der Waals surface area contributed by atoms with Crippen molar-refractivity contribution in [2.75, 3.05) is 50.0 Å². The molecular formula is C26H32FN5OS. The van der Waals surface area contributed by atoms with Crippen LogP contribution in [0.4, 0.5) is 10.1 Å². The number of carbonyl (C=O) groups is 1. The highest BCUT2D eigenvalue weighted by Gasteiger charge is 2.12. The fraction of sp³-hybridized carbons (Fsp3) is 0.385. The second-order valence-corrected chi connectivity index (χ2v) is 9.99. The summed E-state index contributed by atoms with van der Waals surface area (Å²) in [6.07, 6.45) is 1.73. The van der Waals surface area contributed by atoms with Crippen LogP contribution in [0.25, 0.3) is 11.3 Å². The number of halogens is 1. The maximum atomic E-state index is 13.1. The van der Waals surface area contributed by atoms with E-state index in [4.69, 9.17) is 0 Å². The first-order valence-electron chi connectivity index (χ1n) is 11.7. The van der Waals surface area contributed by atoms with E-state index in [-0.39, 0.29) is 11.7 Å². The topological polar surface area (TPSA) is 64.3 Å². The molecule has 180 valence electrons. The van der Waals surface area contributed by atoms with E-state index in [0.29, 0.717) is 6.54 Å². The van der Waals surface area contributed by atoms with Gasteiger partial charge in [0.05, 0.1) is 12.2 Å². The highest BCUT2D eigenvalue weighted by atomic mass is 32.2. The van der Waals surface area contributed by atoms with E-state index in [9.17, 15) is 9.18 Å². The van der Waals surface area contributed by atoms with Crippen molar-refractivity contribution in [2.24, 2.45) is 0 Å². The van der Waals surface area contributed by atoms with Gasteiger partial charge in [-0.2, -0.15) is 16.9 Å². The van der Waals surface area contributed by atoms with E-state index in [0.717, 1.165) is 61.7 Å². The molecule has 3 aromatic rings. The van der Waals surface area contributed by atoms with Crippen LogP contribution in [0.5, 0.6) is 0 Å². The van der Waals surface area contributed by atoms with Crippen LogP contribution in [-0.4, -0.2) is 70.6 Å². The number of thioether (sulfide) groups is 1. The SMILES string of the molecule is CN(CCCc1cc(-c2ccc(F)cc2)n[nH]1)CC(=O)Nc1cccc(CN2CCSCC2)c1. The molecule has 1 fully saturated rings. The summed E-state index contributed by atoms with van der Waals surface area (Å²) in [6, 6.07) is 16.5. The lowest BCUT2D eigenvalue weighted by Crippen LogP contribution is -2.32. The van der Waals surface area contributed by atoms with Gasteiger partial charge in [-0.05, 0) is 74.5 Å². The molecule has 8 heteroatoms. The molecule has 2 heterocycles.